The molecule has 1 aromatic rings. The Morgan fingerprint density at radius 1 is 1.33 bits per heavy atom. The molecule has 1 saturated carbocycles. The zero-order chi connectivity index (χ0) is 14.7. The van der Waals surface area contributed by atoms with E-state index in [0.717, 1.165) is 24.8 Å². The molecule has 1 aliphatic rings. The van der Waals surface area contributed by atoms with Crippen LogP contribution in [0.3, 0.4) is 0 Å². The molecule has 0 spiro atoms. The normalized spacial score (nSPS) is 20.5. The second kappa shape index (κ2) is 7.43. The summed E-state index contributed by atoms with van der Waals surface area (Å²) in [6.07, 6.45) is 2.48. The summed E-state index contributed by atoms with van der Waals surface area (Å²) in [5.74, 6) is -0.379. The molecule has 0 heterocycles. The SMILES string of the molecule is COC(=O)c1ccc(NC(=O)C2CCC(N)C2)cc1C.Cl. The van der Waals surface area contributed by atoms with Crippen molar-refractivity contribution in [2.75, 3.05) is 12.4 Å². The first-order valence-corrected chi connectivity index (χ1v) is 6.76. The Bertz CT molecular complexity index is 534. The minimum Gasteiger partial charge on any atom is -0.465 e. The van der Waals surface area contributed by atoms with Crippen molar-refractivity contribution in [2.45, 2.75) is 32.2 Å². The molecule has 1 amide bonds. The van der Waals surface area contributed by atoms with E-state index in [0.29, 0.717) is 11.3 Å². The average molecular weight is 313 g/mol. The fraction of sp³-hybridized carbons (Fsp3) is 0.467. The molecule has 21 heavy (non-hydrogen) atoms. The lowest BCUT2D eigenvalue weighted by Crippen LogP contribution is -2.23. The maximum Gasteiger partial charge on any atom is 0.338 e. The third-order valence-corrected chi connectivity index (χ3v) is 3.74. The molecule has 5 nitrogen and oxygen atoms in total. The maximum atomic E-state index is 12.1. The Kier molecular flexibility index (Phi) is 6.18. The van der Waals surface area contributed by atoms with E-state index in [-0.39, 0.29) is 36.2 Å². The summed E-state index contributed by atoms with van der Waals surface area (Å²) in [5, 5.41) is 2.88. The first-order valence-electron chi connectivity index (χ1n) is 6.76. The maximum absolute atomic E-state index is 12.1. The van der Waals surface area contributed by atoms with Gasteiger partial charge in [0, 0.05) is 17.6 Å². The Morgan fingerprint density at radius 3 is 2.57 bits per heavy atom. The Morgan fingerprint density at radius 2 is 2.05 bits per heavy atom. The smallest absolute Gasteiger partial charge is 0.338 e. The van der Waals surface area contributed by atoms with Crippen LogP contribution in [0.5, 0.6) is 0 Å². The lowest BCUT2D eigenvalue weighted by molar-refractivity contribution is -0.119. The molecule has 6 heteroatoms. The number of ether oxygens (including phenoxy) is 1. The number of methoxy groups -OCH3 is 1. The van der Waals surface area contributed by atoms with Crippen LogP contribution in [0.25, 0.3) is 0 Å². The summed E-state index contributed by atoms with van der Waals surface area (Å²) >= 11 is 0. The van der Waals surface area contributed by atoms with Crippen LogP contribution in [-0.2, 0) is 9.53 Å². The van der Waals surface area contributed by atoms with E-state index in [1.807, 2.05) is 6.92 Å². The van der Waals surface area contributed by atoms with Crippen molar-refractivity contribution in [3.8, 4) is 0 Å². The van der Waals surface area contributed by atoms with Crippen molar-refractivity contribution in [3.05, 3.63) is 29.3 Å². The lowest BCUT2D eigenvalue weighted by atomic mass is 10.1. The van der Waals surface area contributed by atoms with Gasteiger partial charge < -0.3 is 15.8 Å². The number of rotatable bonds is 3. The van der Waals surface area contributed by atoms with Crippen molar-refractivity contribution >= 4 is 30.0 Å². The van der Waals surface area contributed by atoms with Crippen molar-refractivity contribution in [2.24, 2.45) is 11.7 Å². The number of hydrogen-bond acceptors (Lipinski definition) is 4. The molecule has 2 atom stereocenters. The predicted molar refractivity (Wildman–Crippen MR) is 83.7 cm³/mol. The van der Waals surface area contributed by atoms with Gasteiger partial charge in [-0.3, -0.25) is 4.79 Å². The first-order chi connectivity index (χ1) is 9.51. The summed E-state index contributed by atoms with van der Waals surface area (Å²) < 4.78 is 4.69. The van der Waals surface area contributed by atoms with E-state index in [1.54, 1.807) is 18.2 Å². The van der Waals surface area contributed by atoms with Gasteiger partial charge in [-0.05, 0) is 49.9 Å². The molecular formula is C15H21ClN2O3. The number of anilines is 1. The van der Waals surface area contributed by atoms with Crippen molar-refractivity contribution in [1.82, 2.24) is 0 Å². The number of nitrogens with two attached hydrogens (primary N) is 1. The molecular weight excluding hydrogens is 292 g/mol. The highest BCUT2D eigenvalue weighted by Gasteiger charge is 2.27. The molecule has 1 fully saturated rings. The second-order valence-corrected chi connectivity index (χ2v) is 5.28. The Hall–Kier alpha value is -1.59. The number of aryl methyl sites for hydroxylation is 1. The van der Waals surface area contributed by atoms with Crippen molar-refractivity contribution in [3.63, 3.8) is 0 Å². The van der Waals surface area contributed by atoms with E-state index in [2.05, 4.69) is 5.32 Å². The van der Waals surface area contributed by atoms with Crippen LogP contribution in [0.2, 0.25) is 0 Å². The first kappa shape index (κ1) is 17.5. The van der Waals surface area contributed by atoms with E-state index >= 15 is 0 Å². The largest absolute Gasteiger partial charge is 0.465 e. The highest BCUT2D eigenvalue weighted by atomic mass is 35.5. The van der Waals surface area contributed by atoms with Crippen LogP contribution in [0.1, 0.15) is 35.2 Å². The van der Waals surface area contributed by atoms with Gasteiger partial charge in [-0.2, -0.15) is 0 Å². The van der Waals surface area contributed by atoms with E-state index in [9.17, 15) is 9.59 Å². The fourth-order valence-electron chi connectivity index (χ4n) is 2.58. The van der Waals surface area contributed by atoms with E-state index in [4.69, 9.17) is 10.5 Å². The number of nitrogens with one attached hydrogen (secondary N) is 1. The van der Waals surface area contributed by atoms with Gasteiger partial charge in [0.2, 0.25) is 5.91 Å². The summed E-state index contributed by atoms with van der Waals surface area (Å²) in [6.45, 7) is 1.81. The molecule has 2 rings (SSSR count). The van der Waals surface area contributed by atoms with Crippen LogP contribution in [-0.4, -0.2) is 25.0 Å². The van der Waals surface area contributed by atoms with Crippen molar-refractivity contribution in [1.29, 1.82) is 0 Å². The van der Waals surface area contributed by atoms with Crippen LogP contribution < -0.4 is 11.1 Å². The van der Waals surface area contributed by atoms with Gasteiger partial charge in [-0.15, -0.1) is 12.4 Å². The van der Waals surface area contributed by atoms with Gasteiger partial charge in [0.1, 0.15) is 0 Å². The molecule has 0 bridgehead atoms. The topological polar surface area (TPSA) is 81.4 Å². The summed E-state index contributed by atoms with van der Waals surface area (Å²) in [5.41, 5.74) is 7.80. The predicted octanol–water partition coefficient (Wildman–Crippen LogP) is 2.27. The number of amides is 1. The summed E-state index contributed by atoms with van der Waals surface area (Å²) in [7, 11) is 1.35. The lowest BCUT2D eigenvalue weighted by Gasteiger charge is -2.12. The highest BCUT2D eigenvalue weighted by Crippen LogP contribution is 2.26. The third-order valence-electron chi connectivity index (χ3n) is 3.74. The number of esters is 1. The summed E-state index contributed by atoms with van der Waals surface area (Å²) in [4.78, 5) is 23.6. The zero-order valence-corrected chi connectivity index (χ0v) is 13.0. The van der Waals surface area contributed by atoms with Gasteiger partial charge in [0.25, 0.3) is 0 Å². The third kappa shape index (κ3) is 4.19. The number of carbonyl (C=O) groups excluding carboxylic acids is 2. The second-order valence-electron chi connectivity index (χ2n) is 5.28. The molecule has 1 aliphatic carbocycles. The van der Waals surface area contributed by atoms with E-state index in [1.165, 1.54) is 7.11 Å². The quantitative estimate of drug-likeness (QED) is 0.839. The van der Waals surface area contributed by atoms with Crippen LogP contribution in [0, 0.1) is 12.8 Å². The number of carbonyl (C=O) groups is 2. The van der Waals surface area contributed by atoms with Gasteiger partial charge in [0.15, 0.2) is 0 Å². The van der Waals surface area contributed by atoms with Gasteiger partial charge >= 0.3 is 5.97 Å². The van der Waals surface area contributed by atoms with Gasteiger partial charge in [-0.1, -0.05) is 0 Å². The zero-order valence-electron chi connectivity index (χ0n) is 12.2. The molecule has 116 valence electrons. The fourth-order valence-corrected chi connectivity index (χ4v) is 2.58. The minimum atomic E-state index is -0.373. The number of halogens is 1. The number of hydrogen-bond donors (Lipinski definition) is 2. The van der Waals surface area contributed by atoms with Crippen LogP contribution >= 0.6 is 12.4 Å². The van der Waals surface area contributed by atoms with E-state index < -0.39 is 0 Å². The monoisotopic (exact) mass is 312 g/mol. The van der Waals surface area contributed by atoms with Gasteiger partial charge in [0.05, 0.1) is 12.7 Å². The average Bonchev–Trinajstić information content (AvgIpc) is 2.85. The molecule has 0 aliphatic heterocycles. The molecule has 2 unspecified atom stereocenters. The molecule has 0 saturated heterocycles. The number of benzene rings is 1. The standard InChI is InChI=1S/C15H20N2O3.ClH/c1-9-7-12(5-6-13(9)15(19)20-2)17-14(18)10-3-4-11(16)8-10;/h5-7,10-11H,3-4,8,16H2,1-2H3,(H,17,18);1H. The van der Waals surface area contributed by atoms with Gasteiger partial charge in [-0.25, -0.2) is 4.79 Å². The Balaban J connectivity index is 0.00000220. The summed E-state index contributed by atoms with van der Waals surface area (Å²) in [6, 6.07) is 5.29. The van der Waals surface area contributed by atoms with Crippen LogP contribution in [0.15, 0.2) is 18.2 Å². The molecule has 1 aromatic carbocycles. The molecule has 0 radical (unpaired) electrons. The van der Waals surface area contributed by atoms with Crippen LogP contribution in [0.4, 0.5) is 5.69 Å². The highest BCUT2D eigenvalue weighted by molar-refractivity contribution is 5.95. The van der Waals surface area contributed by atoms with Crippen molar-refractivity contribution < 1.29 is 14.3 Å². The molecule has 0 aromatic heterocycles. The molecule has 3 N–H and O–H groups in total. The Labute approximate surface area is 130 Å². The minimum absolute atomic E-state index is 0.